The minimum absolute atomic E-state index is 0.170. The van der Waals surface area contributed by atoms with Gasteiger partial charge in [-0.3, -0.25) is 9.97 Å². The molecule has 3 atom stereocenters. The Labute approximate surface area is 116 Å². The molecule has 20 heavy (non-hydrogen) atoms. The van der Waals surface area contributed by atoms with Gasteiger partial charge in [-0.05, 0) is 23.8 Å². The second-order valence-corrected chi connectivity index (χ2v) is 4.84. The second-order valence-electron chi connectivity index (χ2n) is 4.84. The predicted molar refractivity (Wildman–Crippen MR) is 72.8 cm³/mol. The van der Waals surface area contributed by atoms with Crippen LogP contribution in [-0.2, 0) is 4.74 Å². The van der Waals surface area contributed by atoms with Gasteiger partial charge in [-0.25, -0.2) is 0 Å². The zero-order chi connectivity index (χ0) is 13.9. The van der Waals surface area contributed by atoms with Crippen LogP contribution in [0.3, 0.4) is 0 Å². The van der Waals surface area contributed by atoms with Crippen molar-refractivity contribution in [3.8, 4) is 11.4 Å². The number of hydrogen-bond acceptors (Lipinski definition) is 5. The van der Waals surface area contributed by atoms with Gasteiger partial charge in [0.25, 0.3) is 0 Å². The van der Waals surface area contributed by atoms with Crippen molar-refractivity contribution in [3.05, 3.63) is 48.3 Å². The number of rotatable bonds is 3. The molecule has 0 aromatic carbocycles. The van der Waals surface area contributed by atoms with E-state index >= 15 is 0 Å². The molecule has 1 aliphatic heterocycles. The standard InChI is InChI=1S/C15H16N2O3/c18-9-15-13(19)7-14(20-15)10-4-5-12(17-8-10)11-3-1-2-6-16-11/h1-6,8,13-15,18-19H,7,9H2/t13-,14+,15+/m0/s1. The van der Waals surface area contributed by atoms with Crippen molar-refractivity contribution >= 4 is 0 Å². The van der Waals surface area contributed by atoms with Crippen molar-refractivity contribution in [2.75, 3.05) is 6.61 Å². The molecule has 1 fully saturated rings. The molecule has 0 unspecified atom stereocenters. The number of ether oxygens (including phenoxy) is 1. The molecule has 2 aromatic heterocycles. The minimum Gasteiger partial charge on any atom is -0.394 e. The number of aromatic nitrogens is 2. The maximum Gasteiger partial charge on any atom is 0.107 e. The van der Waals surface area contributed by atoms with E-state index in [0.29, 0.717) is 6.42 Å². The summed E-state index contributed by atoms with van der Waals surface area (Å²) in [6, 6.07) is 9.49. The topological polar surface area (TPSA) is 75.5 Å². The van der Waals surface area contributed by atoms with E-state index in [0.717, 1.165) is 17.0 Å². The van der Waals surface area contributed by atoms with Crippen LogP contribution in [0.2, 0.25) is 0 Å². The van der Waals surface area contributed by atoms with Crippen LogP contribution in [0, 0.1) is 0 Å². The van der Waals surface area contributed by atoms with Gasteiger partial charge in [0, 0.05) is 18.8 Å². The molecular weight excluding hydrogens is 256 g/mol. The third-order valence-electron chi connectivity index (χ3n) is 3.49. The van der Waals surface area contributed by atoms with Crippen molar-refractivity contribution in [1.29, 1.82) is 0 Å². The summed E-state index contributed by atoms with van der Waals surface area (Å²) in [6.45, 7) is -0.170. The lowest BCUT2D eigenvalue weighted by atomic mass is 10.1. The molecule has 0 bridgehead atoms. The molecule has 2 aromatic rings. The Hall–Kier alpha value is -1.82. The van der Waals surface area contributed by atoms with Crippen molar-refractivity contribution < 1.29 is 14.9 Å². The molecule has 0 saturated carbocycles. The van der Waals surface area contributed by atoms with E-state index in [-0.39, 0.29) is 12.7 Å². The lowest BCUT2D eigenvalue weighted by molar-refractivity contribution is -0.0226. The summed E-state index contributed by atoms with van der Waals surface area (Å²) in [5.74, 6) is 0. The van der Waals surface area contributed by atoms with Crippen molar-refractivity contribution in [1.82, 2.24) is 9.97 Å². The Bertz CT molecular complexity index is 559. The van der Waals surface area contributed by atoms with Crippen LogP contribution in [0.1, 0.15) is 18.1 Å². The highest BCUT2D eigenvalue weighted by Crippen LogP contribution is 2.32. The summed E-state index contributed by atoms with van der Waals surface area (Å²) in [5, 5.41) is 18.8. The van der Waals surface area contributed by atoms with Crippen molar-refractivity contribution in [2.45, 2.75) is 24.7 Å². The molecule has 5 nitrogen and oxygen atoms in total. The van der Waals surface area contributed by atoms with E-state index in [4.69, 9.17) is 9.84 Å². The molecule has 0 aliphatic carbocycles. The fourth-order valence-electron chi connectivity index (χ4n) is 2.37. The fourth-order valence-corrected chi connectivity index (χ4v) is 2.37. The molecule has 1 aliphatic rings. The second kappa shape index (κ2) is 5.66. The smallest absolute Gasteiger partial charge is 0.107 e. The zero-order valence-electron chi connectivity index (χ0n) is 10.9. The van der Waals surface area contributed by atoms with Gasteiger partial charge < -0.3 is 14.9 Å². The van der Waals surface area contributed by atoms with E-state index in [9.17, 15) is 5.11 Å². The quantitative estimate of drug-likeness (QED) is 0.881. The molecule has 3 heterocycles. The van der Waals surface area contributed by atoms with Crippen molar-refractivity contribution in [3.63, 3.8) is 0 Å². The SMILES string of the molecule is OC[C@H]1O[C@@H](c2ccc(-c3ccccn3)nc2)C[C@@H]1O. The Morgan fingerprint density at radius 3 is 2.60 bits per heavy atom. The summed E-state index contributed by atoms with van der Waals surface area (Å²) in [6.07, 6.45) is 2.60. The highest BCUT2D eigenvalue weighted by Gasteiger charge is 2.34. The first-order valence-electron chi connectivity index (χ1n) is 6.59. The maximum atomic E-state index is 9.74. The van der Waals surface area contributed by atoms with Gasteiger partial charge in [-0.1, -0.05) is 12.1 Å². The molecule has 0 radical (unpaired) electrons. The predicted octanol–water partition coefficient (Wildman–Crippen LogP) is 1.33. The van der Waals surface area contributed by atoms with Gasteiger partial charge in [0.15, 0.2) is 0 Å². The Kier molecular flexibility index (Phi) is 3.73. The summed E-state index contributed by atoms with van der Waals surface area (Å²) < 4.78 is 5.60. The first kappa shape index (κ1) is 13.2. The first-order chi connectivity index (χ1) is 9.78. The lowest BCUT2D eigenvalue weighted by Gasteiger charge is -2.12. The minimum atomic E-state index is -0.625. The number of nitrogens with zero attached hydrogens (tertiary/aromatic N) is 2. The molecular formula is C15H16N2O3. The summed E-state index contributed by atoms with van der Waals surface area (Å²) in [4.78, 5) is 8.63. The van der Waals surface area contributed by atoms with E-state index in [1.807, 2.05) is 30.3 Å². The first-order valence-corrected chi connectivity index (χ1v) is 6.59. The third kappa shape index (κ3) is 2.56. The third-order valence-corrected chi connectivity index (χ3v) is 3.49. The molecule has 0 amide bonds. The number of hydrogen-bond donors (Lipinski definition) is 2. The van der Waals surface area contributed by atoms with Crippen LogP contribution in [0.5, 0.6) is 0 Å². The number of pyridine rings is 2. The lowest BCUT2D eigenvalue weighted by Crippen LogP contribution is -2.24. The normalized spacial score (nSPS) is 25.8. The monoisotopic (exact) mass is 272 g/mol. The van der Waals surface area contributed by atoms with Crippen molar-refractivity contribution in [2.24, 2.45) is 0 Å². The highest BCUT2D eigenvalue weighted by molar-refractivity contribution is 5.53. The Morgan fingerprint density at radius 1 is 1.15 bits per heavy atom. The maximum absolute atomic E-state index is 9.74. The molecule has 3 rings (SSSR count). The van der Waals surface area contributed by atoms with Crippen LogP contribution >= 0.6 is 0 Å². The van der Waals surface area contributed by atoms with Gasteiger partial charge in [0.05, 0.1) is 30.2 Å². The van der Waals surface area contributed by atoms with Gasteiger partial charge in [0.2, 0.25) is 0 Å². The Balaban J connectivity index is 1.77. The zero-order valence-corrected chi connectivity index (χ0v) is 10.9. The summed E-state index contributed by atoms with van der Waals surface area (Å²) in [7, 11) is 0. The fraction of sp³-hybridized carbons (Fsp3) is 0.333. The average molecular weight is 272 g/mol. The van der Waals surface area contributed by atoms with Crippen LogP contribution in [0.25, 0.3) is 11.4 Å². The Morgan fingerprint density at radius 2 is 2.00 bits per heavy atom. The van der Waals surface area contributed by atoms with E-state index in [1.54, 1.807) is 12.4 Å². The average Bonchev–Trinajstić information content (AvgIpc) is 2.89. The van der Waals surface area contributed by atoms with Gasteiger partial charge in [-0.15, -0.1) is 0 Å². The van der Waals surface area contributed by atoms with E-state index in [1.165, 1.54) is 0 Å². The van der Waals surface area contributed by atoms with Crippen LogP contribution in [-0.4, -0.2) is 39.0 Å². The van der Waals surface area contributed by atoms with E-state index in [2.05, 4.69) is 9.97 Å². The van der Waals surface area contributed by atoms with Gasteiger partial charge in [0.1, 0.15) is 6.10 Å². The number of aliphatic hydroxyl groups is 2. The van der Waals surface area contributed by atoms with Crippen LogP contribution in [0.4, 0.5) is 0 Å². The number of aliphatic hydroxyl groups excluding tert-OH is 2. The van der Waals surface area contributed by atoms with Gasteiger partial charge in [-0.2, -0.15) is 0 Å². The van der Waals surface area contributed by atoms with Crippen LogP contribution in [0.15, 0.2) is 42.7 Å². The van der Waals surface area contributed by atoms with Crippen LogP contribution < -0.4 is 0 Å². The molecule has 104 valence electrons. The molecule has 1 saturated heterocycles. The molecule has 2 N–H and O–H groups in total. The largest absolute Gasteiger partial charge is 0.394 e. The molecule has 0 spiro atoms. The summed E-state index contributed by atoms with van der Waals surface area (Å²) >= 11 is 0. The van der Waals surface area contributed by atoms with E-state index < -0.39 is 12.2 Å². The molecule has 5 heteroatoms. The summed E-state index contributed by atoms with van der Waals surface area (Å²) in [5.41, 5.74) is 2.52. The highest BCUT2D eigenvalue weighted by atomic mass is 16.5. The van der Waals surface area contributed by atoms with Gasteiger partial charge >= 0.3 is 0 Å².